The molecular formula is C20H26N2O2. The number of furan rings is 1. The van der Waals surface area contributed by atoms with Crippen LogP contribution in [0.4, 0.5) is 0 Å². The van der Waals surface area contributed by atoms with Crippen LogP contribution in [0.3, 0.4) is 0 Å². The van der Waals surface area contributed by atoms with Crippen molar-refractivity contribution in [1.29, 1.82) is 0 Å². The van der Waals surface area contributed by atoms with Crippen LogP contribution in [-0.2, 0) is 17.9 Å². The van der Waals surface area contributed by atoms with Gasteiger partial charge >= 0.3 is 0 Å². The molecule has 2 aromatic rings. The summed E-state index contributed by atoms with van der Waals surface area (Å²) in [6.07, 6.45) is 1.64. The van der Waals surface area contributed by atoms with Gasteiger partial charge in [0.2, 0.25) is 5.91 Å². The van der Waals surface area contributed by atoms with Gasteiger partial charge < -0.3 is 9.32 Å². The minimum atomic E-state index is 0.0957. The van der Waals surface area contributed by atoms with Gasteiger partial charge in [0.15, 0.2) is 0 Å². The van der Waals surface area contributed by atoms with Crippen LogP contribution in [0.1, 0.15) is 25.2 Å². The zero-order valence-corrected chi connectivity index (χ0v) is 14.6. The number of carbonyl (C=O) groups excluding carboxylic acids is 1. The van der Waals surface area contributed by atoms with E-state index in [2.05, 4.69) is 18.4 Å². The van der Waals surface area contributed by atoms with Crippen LogP contribution in [0.25, 0.3) is 0 Å². The molecule has 0 atom stereocenters. The van der Waals surface area contributed by atoms with E-state index in [1.54, 1.807) is 6.26 Å². The van der Waals surface area contributed by atoms with Crippen molar-refractivity contribution in [3.05, 3.63) is 72.2 Å². The maximum Gasteiger partial charge on any atom is 0.237 e. The maximum atomic E-state index is 12.8. The first kappa shape index (κ1) is 18.0. The summed E-state index contributed by atoms with van der Waals surface area (Å²) in [5, 5.41) is 0. The van der Waals surface area contributed by atoms with Gasteiger partial charge in [-0.15, -0.1) is 0 Å². The highest BCUT2D eigenvalue weighted by atomic mass is 16.3. The number of hydrogen-bond acceptors (Lipinski definition) is 3. The summed E-state index contributed by atoms with van der Waals surface area (Å²) < 4.78 is 5.43. The van der Waals surface area contributed by atoms with Gasteiger partial charge in [-0.1, -0.05) is 49.4 Å². The van der Waals surface area contributed by atoms with Crippen LogP contribution in [0.2, 0.25) is 0 Å². The van der Waals surface area contributed by atoms with Crippen LogP contribution in [0.15, 0.2) is 65.3 Å². The number of nitrogens with zero attached hydrogens (tertiary/aromatic N) is 2. The number of rotatable bonds is 9. The predicted octanol–water partition coefficient (Wildman–Crippen LogP) is 3.71. The topological polar surface area (TPSA) is 36.7 Å². The van der Waals surface area contributed by atoms with E-state index >= 15 is 0 Å². The zero-order chi connectivity index (χ0) is 17.4. The molecule has 0 radical (unpaired) electrons. The van der Waals surface area contributed by atoms with E-state index < -0.39 is 0 Å². The Hall–Kier alpha value is -2.33. The van der Waals surface area contributed by atoms with E-state index in [9.17, 15) is 4.79 Å². The summed E-state index contributed by atoms with van der Waals surface area (Å²) in [5.41, 5.74) is 2.17. The lowest BCUT2D eigenvalue weighted by molar-refractivity contribution is -0.133. The summed E-state index contributed by atoms with van der Waals surface area (Å²) in [6.45, 7) is 11.0. The fourth-order valence-corrected chi connectivity index (χ4v) is 2.58. The Kier molecular flexibility index (Phi) is 6.82. The van der Waals surface area contributed by atoms with Crippen molar-refractivity contribution >= 4 is 5.91 Å². The molecule has 0 aliphatic carbocycles. The quantitative estimate of drug-likeness (QED) is 0.659. The first-order valence-corrected chi connectivity index (χ1v) is 8.29. The molecule has 2 rings (SSSR count). The molecule has 1 amide bonds. The maximum absolute atomic E-state index is 12.8. The second kappa shape index (κ2) is 9.08. The highest BCUT2D eigenvalue weighted by Gasteiger charge is 2.18. The summed E-state index contributed by atoms with van der Waals surface area (Å²) in [4.78, 5) is 16.8. The smallest absolute Gasteiger partial charge is 0.237 e. The second-order valence-electron chi connectivity index (χ2n) is 6.08. The third-order valence-corrected chi connectivity index (χ3v) is 3.80. The van der Waals surface area contributed by atoms with Gasteiger partial charge in [-0.2, -0.15) is 0 Å². The van der Waals surface area contributed by atoms with E-state index in [-0.39, 0.29) is 5.91 Å². The molecule has 0 aliphatic rings. The lowest BCUT2D eigenvalue weighted by atomic mass is 10.2. The van der Waals surface area contributed by atoms with Gasteiger partial charge in [0, 0.05) is 13.1 Å². The van der Waals surface area contributed by atoms with Gasteiger partial charge in [0.1, 0.15) is 5.76 Å². The standard InChI is InChI=1S/C20H26N2O2/c1-4-21(13-17(2)3)16-20(23)22(15-19-11-8-12-24-19)14-18-9-6-5-7-10-18/h5-12H,2,4,13-16H2,1,3H3. The largest absolute Gasteiger partial charge is 0.467 e. The molecule has 1 heterocycles. The Labute approximate surface area is 144 Å². The fourth-order valence-electron chi connectivity index (χ4n) is 2.58. The summed E-state index contributed by atoms with van der Waals surface area (Å²) in [7, 11) is 0. The van der Waals surface area contributed by atoms with Crippen molar-refractivity contribution in [3.63, 3.8) is 0 Å². The first-order valence-electron chi connectivity index (χ1n) is 8.29. The lowest BCUT2D eigenvalue weighted by Crippen LogP contribution is -2.40. The second-order valence-corrected chi connectivity index (χ2v) is 6.08. The average Bonchev–Trinajstić information content (AvgIpc) is 3.07. The molecular weight excluding hydrogens is 300 g/mol. The molecule has 24 heavy (non-hydrogen) atoms. The first-order chi connectivity index (χ1) is 11.6. The molecule has 128 valence electrons. The van der Waals surface area contributed by atoms with Gasteiger partial charge in [-0.25, -0.2) is 0 Å². The Morgan fingerprint density at radius 2 is 1.83 bits per heavy atom. The van der Waals surface area contributed by atoms with Gasteiger partial charge in [-0.05, 0) is 31.2 Å². The van der Waals surface area contributed by atoms with Gasteiger partial charge in [-0.3, -0.25) is 9.69 Å². The summed E-state index contributed by atoms with van der Waals surface area (Å²) in [5.74, 6) is 0.889. The minimum Gasteiger partial charge on any atom is -0.467 e. The van der Waals surface area contributed by atoms with Crippen molar-refractivity contribution in [2.75, 3.05) is 19.6 Å². The van der Waals surface area contributed by atoms with Crippen molar-refractivity contribution in [2.45, 2.75) is 26.9 Å². The van der Waals surface area contributed by atoms with E-state index in [0.717, 1.165) is 30.0 Å². The van der Waals surface area contributed by atoms with Crippen LogP contribution in [-0.4, -0.2) is 35.3 Å². The van der Waals surface area contributed by atoms with Crippen LogP contribution in [0, 0.1) is 0 Å². The van der Waals surface area contributed by atoms with Crippen molar-refractivity contribution in [2.24, 2.45) is 0 Å². The van der Waals surface area contributed by atoms with Crippen LogP contribution < -0.4 is 0 Å². The third kappa shape index (κ3) is 5.70. The molecule has 4 nitrogen and oxygen atoms in total. The molecule has 4 heteroatoms. The van der Waals surface area contributed by atoms with Crippen molar-refractivity contribution in [3.8, 4) is 0 Å². The Morgan fingerprint density at radius 3 is 2.42 bits per heavy atom. The molecule has 0 unspecified atom stereocenters. The minimum absolute atomic E-state index is 0.0957. The number of amides is 1. The van der Waals surface area contributed by atoms with E-state index in [1.807, 2.05) is 54.3 Å². The molecule has 1 aromatic heterocycles. The summed E-state index contributed by atoms with van der Waals surface area (Å²) in [6, 6.07) is 13.8. The summed E-state index contributed by atoms with van der Waals surface area (Å²) >= 11 is 0. The molecule has 0 N–H and O–H groups in total. The van der Waals surface area contributed by atoms with Gasteiger partial charge in [0.05, 0.1) is 19.4 Å². The monoisotopic (exact) mass is 326 g/mol. The molecule has 0 saturated heterocycles. The molecule has 0 bridgehead atoms. The van der Waals surface area contributed by atoms with E-state index in [4.69, 9.17) is 4.42 Å². The lowest BCUT2D eigenvalue weighted by Gasteiger charge is -2.26. The van der Waals surface area contributed by atoms with E-state index in [1.165, 1.54) is 0 Å². The number of likely N-dealkylation sites (N-methyl/N-ethyl adjacent to an activating group) is 1. The Balaban J connectivity index is 2.08. The highest BCUT2D eigenvalue weighted by Crippen LogP contribution is 2.12. The highest BCUT2D eigenvalue weighted by molar-refractivity contribution is 5.78. The fraction of sp³-hybridized carbons (Fsp3) is 0.350. The number of hydrogen-bond donors (Lipinski definition) is 0. The predicted molar refractivity (Wildman–Crippen MR) is 96.3 cm³/mol. The third-order valence-electron chi connectivity index (χ3n) is 3.80. The SMILES string of the molecule is C=C(C)CN(CC)CC(=O)N(Cc1ccccc1)Cc1ccco1. The molecule has 0 aliphatic heterocycles. The average molecular weight is 326 g/mol. The van der Waals surface area contributed by atoms with Crippen LogP contribution >= 0.6 is 0 Å². The molecule has 1 aromatic carbocycles. The molecule has 0 fully saturated rings. The van der Waals surface area contributed by atoms with Crippen molar-refractivity contribution < 1.29 is 9.21 Å². The van der Waals surface area contributed by atoms with E-state index in [0.29, 0.717) is 19.6 Å². The van der Waals surface area contributed by atoms with Gasteiger partial charge in [0.25, 0.3) is 0 Å². The molecule has 0 spiro atoms. The Bertz CT molecular complexity index is 635. The normalized spacial score (nSPS) is 10.8. The number of benzene rings is 1. The Morgan fingerprint density at radius 1 is 1.08 bits per heavy atom. The number of carbonyl (C=O) groups is 1. The van der Waals surface area contributed by atoms with Crippen LogP contribution in [0.5, 0.6) is 0 Å². The van der Waals surface area contributed by atoms with Crippen molar-refractivity contribution in [1.82, 2.24) is 9.80 Å². The zero-order valence-electron chi connectivity index (χ0n) is 14.6. The molecule has 0 saturated carbocycles.